The van der Waals surface area contributed by atoms with Crippen LogP contribution in [-0.4, -0.2) is 36.5 Å². The van der Waals surface area contributed by atoms with Gasteiger partial charge in [-0.15, -0.1) is 0 Å². The highest BCUT2D eigenvalue weighted by Crippen LogP contribution is 2.15. The maximum atomic E-state index is 5.21. The van der Waals surface area contributed by atoms with Gasteiger partial charge in [-0.2, -0.15) is 0 Å². The van der Waals surface area contributed by atoms with E-state index in [4.69, 9.17) is 9.47 Å². The summed E-state index contributed by atoms with van der Waals surface area (Å²) in [5.41, 5.74) is 2.10. The molecule has 0 aliphatic rings. The Morgan fingerprint density at radius 2 is 2.17 bits per heavy atom. The molecule has 2 heterocycles. The van der Waals surface area contributed by atoms with E-state index in [2.05, 4.69) is 21.4 Å². The van der Waals surface area contributed by atoms with Gasteiger partial charge in [-0.05, 0) is 24.6 Å². The summed E-state index contributed by atoms with van der Waals surface area (Å²) in [4.78, 5) is 7.42. The number of hydrogen-bond acceptors (Lipinski definition) is 4. The fraction of sp³-hybridized carbons (Fsp3) is 0.462. The maximum absolute atomic E-state index is 5.21. The van der Waals surface area contributed by atoms with Gasteiger partial charge < -0.3 is 19.8 Å². The summed E-state index contributed by atoms with van der Waals surface area (Å²) in [6.07, 6.45) is 3.52. The summed E-state index contributed by atoms with van der Waals surface area (Å²) >= 11 is 0. The summed E-state index contributed by atoms with van der Waals surface area (Å²) in [7, 11) is 3.28. The van der Waals surface area contributed by atoms with Gasteiger partial charge in [-0.1, -0.05) is 0 Å². The van der Waals surface area contributed by atoms with Crippen molar-refractivity contribution < 1.29 is 9.47 Å². The quantitative estimate of drug-likeness (QED) is 0.764. The molecular formula is C13H19N3O2. The van der Waals surface area contributed by atoms with Crippen LogP contribution in [0.3, 0.4) is 0 Å². The third-order valence-corrected chi connectivity index (χ3v) is 3.02. The van der Waals surface area contributed by atoms with Gasteiger partial charge >= 0.3 is 0 Å². The van der Waals surface area contributed by atoms with Crippen LogP contribution < -0.4 is 5.32 Å². The van der Waals surface area contributed by atoms with E-state index in [-0.39, 0.29) is 12.3 Å². The average Bonchev–Trinajstić information content (AvgIpc) is 2.81. The van der Waals surface area contributed by atoms with Crippen molar-refractivity contribution >= 4 is 11.0 Å². The lowest BCUT2D eigenvalue weighted by molar-refractivity contribution is -0.119. The lowest BCUT2D eigenvalue weighted by Gasteiger charge is -2.22. The van der Waals surface area contributed by atoms with E-state index in [0.29, 0.717) is 0 Å². The first-order valence-corrected chi connectivity index (χ1v) is 5.96. The lowest BCUT2D eigenvalue weighted by Crippen LogP contribution is -2.39. The predicted molar refractivity (Wildman–Crippen MR) is 70.2 cm³/mol. The van der Waals surface area contributed by atoms with Gasteiger partial charge in [0.1, 0.15) is 5.65 Å². The fourth-order valence-corrected chi connectivity index (χ4v) is 2.03. The van der Waals surface area contributed by atoms with E-state index < -0.39 is 0 Å². The van der Waals surface area contributed by atoms with Crippen molar-refractivity contribution in [3.05, 3.63) is 30.1 Å². The molecule has 0 amide bonds. The molecule has 2 N–H and O–H groups in total. The molecule has 1 atom stereocenters. The minimum Gasteiger partial charge on any atom is -0.354 e. The Bertz CT molecular complexity index is 494. The van der Waals surface area contributed by atoms with E-state index in [9.17, 15) is 0 Å². The molecule has 0 fully saturated rings. The predicted octanol–water partition coefficient (Wildman–Crippen LogP) is 1.66. The van der Waals surface area contributed by atoms with Gasteiger partial charge in [0.2, 0.25) is 0 Å². The average molecular weight is 249 g/mol. The van der Waals surface area contributed by atoms with Crippen LogP contribution in [0.25, 0.3) is 11.0 Å². The molecule has 5 heteroatoms. The normalized spacial score (nSPS) is 13.3. The van der Waals surface area contributed by atoms with E-state index in [1.165, 1.54) is 5.56 Å². The number of aromatic amines is 1. The number of aromatic nitrogens is 2. The van der Waals surface area contributed by atoms with Crippen molar-refractivity contribution in [1.29, 1.82) is 0 Å². The van der Waals surface area contributed by atoms with Crippen molar-refractivity contribution in [1.82, 2.24) is 15.3 Å². The maximum Gasteiger partial charge on any atom is 0.171 e. The Balaban J connectivity index is 2.02. The number of nitrogens with zero attached hydrogens (tertiary/aromatic N) is 1. The van der Waals surface area contributed by atoms with E-state index in [1.54, 1.807) is 20.4 Å². The van der Waals surface area contributed by atoms with Crippen LogP contribution in [0.1, 0.15) is 12.5 Å². The van der Waals surface area contributed by atoms with E-state index >= 15 is 0 Å². The minimum atomic E-state index is -0.242. The second kappa shape index (κ2) is 5.95. The molecule has 98 valence electrons. The minimum absolute atomic E-state index is 0.113. The number of hydrogen-bond donors (Lipinski definition) is 2. The zero-order valence-electron chi connectivity index (χ0n) is 10.9. The Morgan fingerprint density at radius 1 is 1.39 bits per heavy atom. The Kier molecular flexibility index (Phi) is 4.30. The number of methoxy groups -OCH3 is 2. The van der Waals surface area contributed by atoms with Gasteiger partial charge in [0.15, 0.2) is 6.29 Å². The third-order valence-electron chi connectivity index (χ3n) is 3.02. The summed E-state index contributed by atoms with van der Waals surface area (Å²) in [6.45, 7) is 2.78. The molecule has 2 rings (SSSR count). The van der Waals surface area contributed by atoms with Crippen LogP contribution in [0, 0.1) is 0 Å². The molecule has 2 aromatic heterocycles. The van der Waals surface area contributed by atoms with Crippen LogP contribution >= 0.6 is 0 Å². The molecule has 0 aromatic carbocycles. The van der Waals surface area contributed by atoms with Crippen LogP contribution in [0.15, 0.2) is 24.5 Å². The van der Waals surface area contributed by atoms with Crippen LogP contribution in [-0.2, 0) is 16.0 Å². The van der Waals surface area contributed by atoms with E-state index in [0.717, 1.165) is 17.6 Å². The molecule has 0 aliphatic carbocycles. The van der Waals surface area contributed by atoms with Gasteiger partial charge in [0.05, 0.1) is 6.04 Å². The molecule has 0 spiro atoms. The fourth-order valence-electron chi connectivity index (χ4n) is 2.03. The smallest absolute Gasteiger partial charge is 0.171 e. The second-order valence-corrected chi connectivity index (χ2v) is 4.22. The monoisotopic (exact) mass is 249 g/mol. The highest BCUT2D eigenvalue weighted by Gasteiger charge is 2.15. The SMILES string of the molecule is COC(OC)C(C)NCc1c[nH]c2ncccc12. The summed E-state index contributed by atoms with van der Waals surface area (Å²) in [6, 6.07) is 4.11. The molecule has 2 aromatic rings. The number of H-pyrrole nitrogens is 1. The molecule has 0 saturated heterocycles. The highest BCUT2D eigenvalue weighted by atomic mass is 16.7. The Morgan fingerprint density at radius 3 is 2.89 bits per heavy atom. The van der Waals surface area contributed by atoms with Crippen LogP contribution in [0.4, 0.5) is 0 Å². The number of ether oxygens (including phenoxy) is 2. The first-order valence-electron chi connectivity index (χ1n) is 5.96. The number of nitrogens with one attached hydrogen (secondary N) is 2. The summed E-state index contributed by atoms with van der Waals surface area (Å²) < 4.78 is 10.4. The van der Waals surface area contributed by atoms with Crippen molar-refractivity contribution in [2.45, 2.75) is 25.8 Å². The standard InChI is InChI=1S/C13H19N3O2/c1-9(13(17-2)18-3)15-7-10-8-16-12-11(10)5-4-6-14-12/h4-6,8-9,13,15H,7H2,1-3H3,(H,14,16). The third kappa shape index (κ3) is 2.69. The lowest BCUT2D eigenvalue weighted by atomic mass is 10.2. The van der Waals surface area contributed by atoms with Gasteiger partial charge in [0, 0.05) is 38.5 Å². The molecule has 5 nitrogen and oxygen atoms in total. The molecule has 1 unspecified atom stereocenters. The molecule has 0 bridgehead atoms. The van der Waals surface area contributed by atoms with Gasteiger partial charge in [-0.25, -0.2) is 4.98 Å². The van der Waals surface area contributed by atoms with Crippen molar-refractivity contribution in [3.8, 4) is 0 Å². The molecule has 0 aliphatic heterocycles. The van der Waals surface area contributed by atoms with Crippen LogP contribution in [0.5, 0.6) is 0 Å². The molecule has 18 heavy (non-hydrogen) atoms. The van der Waals surface area contributed by atoms with Crippen molar-refractivity contribution in [3.63, 3.8) is 0 Å². The first kappa shape index (κ1) is 13.0. The summed E-state index contributed by atoms with van der Waals surface area (Å²) in [5, 5.41) is 4.52. The Labute approximate surface area is 107 Å². The number of pyridine rings is 1. The zero-order chi connectivity index (χ0) is 13.0. The first-order chi connectivity index (χ1) is 8.76. The molecule has 0 saturated carbocycles. The molecule has 0 radical (unpaired) electrons. The van der Waals surface area contributed by atoms with Gasteiger partial charge in [0.25, 0.3) is 0 Å². The van der Waals surface area contributed by atoms with E-state index in [1.807, 2.05) is 19.2 Å². The second-order valence-electron chi connectivity index (χ2n) is 4.22. The van der Waals surface area contributed by atoms with Crippen molar-refractivity contribution in [2.24, 2.45) is 0 Å². The topological polar surface area (TPSA) is 59.2 Å². The highest BCUT2D eigenvalue weighted by molar-refractivity contribution is 5.79. The Hall–Kier alpha value is -1.43. The zero-order valence-corrected chi connectivity index (χ0v) is 10.9. The van der Waals surface area contributed by atoms with Crippen molar-refractivity contribution in [2.75, 3.05) is 14.2 Å². The summed E-state index contributed by atoms with van der Waals surface area (Å²) in [5.74, 6) is 0. The van der Waals surface area contributed by atoms with Crippen LogP contribution in [0.2, 0.25) is 0 Å². The molecular weight excluding hydrogens is 230 g/mol. The number of fused-ring (bicyclic) bond motifs is 1. The number of rotatable bonds is 6. The van der Waals surface area contributed by atoms with Gasteiger partial charge in [-0.3, -0.25) is 0 Å². The largest absolute Gasteiger partial charge is 0.354 e.